The summed E-state index contributed by atoms with van der Waals surface area (Å²) in [5.74, 6) is -5.84. The van der Waals surface area contributed by atoms with Gasteiger partial charge in [0.25, 0.3) is 0 Å². The number of alkyl halides is 4. The third-order valence-corrected chi connectivity index (χ3v) is 1.81. The van der Waals surface area contributed by atoms with E-state index in [9.17, 15) is 22.4 Å². The predicted molar refractivity (Wildman–Crippen MR) is 41.1 cm³/mol. The number of carbonyl (C=O) groups is 1. The first-order valence-corrected chi connectivity index (χ1v) is 4.10. The standard InChI is InChI=1S/C8H12F4O2/c1-4-5(2)6(13)14-7(3,9)8(10,11)12/h5H,4H2,1-3H3. The first-order valence-electron chi connectivity index (χ1n) is 4.10. The second-order valence-corrected chi connectivity index (χ2v) is 3.14. The van der Waals surface area contributed by atoms with E-state index in [4.69, 9.17) is 0 Å². The van der Waals surface area contributed by atoms with Crippen LogP contribution in [0, 0.1) is 5.92 Å². The molecule has 2 unspecified atom stereocenters. The van der Waals surface area contributed by atoms with Gasteiger partial charge in [0.05, 0.1) is 5.92 Å². The Bertz CT molecular complexity index is 210. The molecule has 2 atom stereocenters. The Balaban J connectivity index is 4.45. The van der Waals surface area contributed by atoms with Gasteiger partial charge in [-0.05, 0) is 6.42 Å². The Kier molecular flexibility index (Phi) is 3.91. The molecule has 0 aromatic heterocycles. The quantitative estimate of drug-likeness (QED) is 0.535. The number of carbonyl (C=O) groups excluding carboxylic acids is 1. The van der Waals surface area contributed by atoms with Crippen LogP contribution in [0.1, 0.15) is 27.2 Å². The highest BCUT2D eigenvalue weighted by molar-refractivity contribution is 5.72. The Hall–Kier alpha value is -0.810. The van der Waals surface area contributed by atoms with E-state index in [-0.39, 0.29) is 6.92 Å². The lowest BCUT2D eigenvalue weighted by Gasteiger charge is -2.24. The molecule has 84 valence electrons. The summed E-state index contributed by atoms with van der Waals surface area (Å²) in [6.45, 7) is 3.14. The van der Waals surface area contributed by atoms with Crippen molar-refractivity contribution in [1.82, 2.24) is 0 Å². The van der Waals surface area contributed by atoms with Gasteiger partial charge < -0.3 is 4.74 Å². The van der Waals surface area contributed by atoms with Crippen LogP contribution in [0.25, 0.3) is 0 Å². The van der Waals surface area contributed by atoms with Crippen molar-refractivity contribution in [3.63, 3.8) is 0 Å². The largest absolute Gasteiger partial charge is 0.460 e. The fourth-order valence-electron chi connectivity index (χ4n) is 0.514. The van der Waals surface area contributed by atoms with Crippen molar-refractivity contribution in [2.45, 2.75) is 39.2 Å². The molecule has 2 nitrogen and oxygen atoms in total. The van der Waals surface area contributed by atoms with Gasteiger partial charge >= 0.3 is 18.0 Å². The molecule has 0 spiro atoms. The summed E-state index contributed by atoms with van der Waals surface area (Å²) in [5.41, 5.74) is 0. The molecule has 0 radical (unpaired) electrons. The zero-order valence-electron chi connectivity index (χ0n) is 8.11. The van der Waals surface area contributed by atoms with Crippen molar-refractivity contribution >= 4 is 5.97 Å². The first-order chi connectivity index (χ1) is 6.12. The van der Waals surface area contributed by atoms with Gasteiger partial charge in [0.15, 0.2) is 0 Å². The van der Waals surface area contributed by atoms with Crippen LogP contribution < -0.4 is 0 Å². The number of halogens is 4. The van der Waals surface area contributed by atoms with E-state index in [1.54, 1.807) is 6.92 Å². The number of hydrogen-bond donors (Lipinski definition) is 0. The Morgan fingerprint density at radius 3 is 2.07 bits per heavy atom. The molecule has 0 aliphatic carbocycles. The molecule has 0 rings (SSSR count). The lowest BCUT2D eigenvalue weighted by molar-refractivity contribution is -0.313. The summed E-state index contributed by atoms with van der Waals surface area (Å²) in [4.78, 5) is 10.9. The van der Waals surface area contributed by atoms with Gasteiger partial charge in [-0.1, -0.05) is 13.8 Å². The monoisotopic (exact) mass is 216 g/mol. The number of esters is 1. The molecule has 0 aromatic rings. The van der Waals surface area contributed by atoms with E-state index >= 15 is 0 Å². The molecule has 0 amide bonds. The lowest BCUT2D eigenvalue weighted by Crippen LogP contribution is -2.43. The third-order valence-electron chi connectivity index (χ3n) is 1.81. The van der Waals surface area contributed by atoms with Gasteiger partial charge in [-0.25, -0.2) is 0 Å². The zero-order chi connectivity index (χ0) is 11.6. The highest BCUT2D eigenvalue weighted by Gasteiger charge is 2.56. The van der Waals surface area contributed by atoms with Gasteiger partial charge in [-0.2, -0.15) is 17.6 Å². The van der Waals surface area contributed by atoms with Crippen LogP contribution in [-0.2, 0) is 9.53 Å². The van der Waals surface area contributed by atoms with E-state index < -0.39 is 23.9 Å². The maximum absolute atomic E-state index is 12.8. The van der Waals surface area contributed by atoms with Crippen LogP contribution in [0.15, 0.2) is 0 Å². The highest BCUT2D eigenvalue weighted by Crippen LogP contribution is 2.35. The van der Waals surface area contributed by atoms with Crippen molar-refractivity contribution in [2.75, 3.05) is 0 Å². The molecule has 0 heterocycles. The molecule has 14 heavy (non-hydrogen) atoms. The topological polar surface area (TPSA) is 26.3 Å². The zero-order valence-corrected chi connectivity index (χ0v) is 8.11. The Morgan fingerprint density at radius 1 is 1.36 bits per heavy atom. The molecule has 0 aromatic carbocycles. The average Bonchev–Trinajstić information content (AvgIpc) is 2.00. The maximum atomic E-state index is 12.8. The maximum Gasteiger partial charge on any atom is 0.460 e. The third kappa shape index (κ3) is 3.16. The second kappa shape index (κ2) is 4.14. The Labute approximate surface area is 79.2 Å². The summed E-state index contributed by atoms with van der Waals surface area (Å²) in [5, 5.41) is 0. The van der Waals surface area contributed by atoms with Gasteiger partial charge in [0.1, 0.15) is 0 Å². The van der Waals surface area contributed by atoms with E-state index in [0.29, 0.717) is 6.42 Å². The van der Waals surface area contributed by atoms with Gasteiger partial charge in [0, 0.05) is 6.92 Å². The number of hydrogen-bond acceptors (Lipinski definition) is 2. The van der Waals surface area contributed by atoms with E-state index in [2.05, 4.69) is 4.74 Å². The van der Waals surface area contributed by atoms with Crippen LogP contribution in [0.4, 0.5) is 17.6 Å². The van der Waals surface area contributed by atoms with Crippen molar-refractivity contribution < 1.29 is 27.1 Å². The molecule has 0 aliphatic rings. The fourth-order valence-corrected chi connectivity index (χ4v) is 0.514. The van der Waals surface area contributed by atoms with Crippen molar-refractivity contribution in [1.29, 1.82) is 0 Å². The molecule has 0 fully saturated rings. The predicted octanol–water partition coefficient (Wildman–Crippen LogP) is 2.82. The fraction of sp³-hybridized carbons (Fsp3) is 0.875. The highest BCUT2D eigenvalue weighted by atomic mass is 19.4. The molecule has 0 N–H and O–H groups in total. The van der Waals surface area contributed by atoms with Crippen LogP contribution in [-0.4, -0.2) is 18.0 Å². The molecule has 0 saturated heterocycles. The summed E-state index contributed by atoms with van der Waals surface area (Å²) in [7, 11) is 0. The molecule has 0 saturated carbocycles. The molecular formula is C8H12F4O2. The summed E-state index contributed by atoms with van der Waals surface area (Å²) in [6, 6.07) is 0. The van der Waals surface area contributed by atoms with Crippen LogP contribution in [0.5, 0.6) is 0 Å². The number of rotatable bonds is 3. The molecule has 6 heteroatoms. The lowest BCUT2D eigenvalue weighted by atomic mass is 10.1. The van der Waals surface area contributed by atoms with Gasteiger partial charge in [-0.3, -0.25) is 4.79 Å². The second-order valence-electron chi connectivity index (χ2n) is 3.14. The minimum atomic E-state index is -5.20. The molecule has 0 bridgehead atoms. The van der Waals surface area contributed by atoms with Crippen molar-refractivity contribution in [3.8, 4) is 0 Å². The number of ether oxygens (including phenoxy) is 1. The van der Waals surface area contributed by atoms with E-state index in [1.807, 2.05) is 0 Å². The van der Waals surface area contributed by atoms with Crippen molar-refractivity contribution in [3.05, 3.63) is 0 Å². The molecule has 0 aliphatic heterocycles. The average molecular weight is 216 g/mol. The minimum Gasteiger partial charge on any atom is -0.419 e. The summed E-state index contributed by atoms with van der Waals surface area (Å²) < 4.78 is 52.2. The van der Waals surface area contributed by atoms with Gasteiger partial charge in [0.2, 0.25) is 0 Å². The first kappa shape index (κ1) is 13.2. The van der Waals surface area contributed by atoms with Crippen molar-refractivity contribution in [2.24, 2.45) is 5.92 Å². The van der Waals surface area contributed by atoms with E-state index in [0.717, 1.165) is 0 Å². The Morgan fingerprint density at radius 2 is 1.79 bits per heavy atom. The summed E-state index contributed by atoms with van der Waals surface area (Å²) in [6.07, 6.45) is -4.90. The van der Waals surface area contributed by atoms with E-state index in [1.165, 1.54) is 6.92 Å². The summed E-state index contributed by atoms with van der Waals surface area (Å²) >= 11 is 0. The smallest absolute Gasteiger partial charge is 0.419 e. The van der Waals surface area contributed by atoms with Gasteiger partial charge in [-0.15, -0.1) is 0 Å². The van der Waals surface area contributed by atoms with Crippen LogP contribution >= 0.6 is 0 Å². The SMILES string of the molecule is CCC(C)C(=O)OC(C)(F)C(F)(F)F. The van der Waals surface area contributed by atoms with Crippen LogP contribution in [0.3, 0.4) is 0 Å². The normalized spacial score (nSPS) is 18.5. The van der Waals surface area contributed by atoms with Crippen LogP contribution in [0.2, 0.25) is 0 Å². The minimum absolute atomic E-state index is 0.174. The molecular weight excluding hydrogens is 204 g/mol.